The van der Waals surface area contributed by atoms with E-state index in [9.17, 15) is 9.59 Å². The summed E-state index contributed by atoms with van der Waals surface area (Å²) >= 11 is 0. The summed E-state index contributed by atoms with van der Waals surface area (Å²) in [4.78, 5) is 43.4. The van der Waals surface area contributed by atoms with Gasteiger partial charge in [-0.1, -0.05) is 24.3 Å². The van der Waals surface area contributed by atoms with Crippen LogP contribution in [0.15, 0.2) is 48.7 Å². The zero-order chi connectivity index (χ0) is 30.3. The molecule has 1 atom stereocenters. The molecule has 2 aliphatic rings. The van der Waals surface area contributed by atoms with Gasteiger partial charge in [-0.15, -0.1) is 0 Å². The summed E-state index contributed by atoms with van der Waals surface area (Å²) in [5.74, 6) is 0.684. The Bertz CT molecular complexity index is 1500. The Morgan fingerprint density at radius 3 is 2.60 bits per heavy atom. The van der Waals surface area contributed by atoms with Gasteiger partial charge in [0.25, 0.3) is 0 Å². The standard InChI is InChI=1S/C32H39N7O4/c1-21-19-33-32(36-28-10-5-7-22(34-28)11-14-29(40)43-4)37-30(21)25-13-12-24-23(25)8-6-9-26(24)35-31(41)27(20-42-3)39-17-15-38(2)16-18-39/h5-10,13,19,27H,11-12,14-18,20H2,1-4H3,(H,35,41)(H,33,34,36,37)/t27-/m1/s1. The Balaban J connectivity index is 1.32. The molecule has 0 saturated carbocycles. The van der Waals surface area contributed by atoms with Gasteiger partial charge in [-0.25, -0.2) is 15.0 Å². The molecule has 1 aliphatic carbocycles. The number of hydrogen-bond donors (Lipinski definition) is 2. The molecular formula is C32H39N7O4. The Labute approximate surface area is 252 Å². The van der Waals surface area contributed by atoms with E-state index in [4.69, 9.17) is 14.5 Å². The molecule has 3 aromatic rings. The topological polar surface area (TPSA) is 122 Å². The molecule has 11 nitrogen and oxygen atoms in total. The van der Waals surface area contributed by atoms with Crippen molar-refractivity contribution in [2.45, 2.75) is 32.2 Å². The van der Waals surface area contributed by atoms with Crippen LogP contribution in [0.2, 0.25) is 0 Å². The van der Waals surface area contributed by atoms with Crippen LogP contribution in [-0.4, -0.2) is 96.7 Å². The molecule has 1 amide bonds. The third kappa shape index (κ3) is 7.24. The number of nitrogens with one attached hydrogen (secondary N) is 2. The first-order valence-corrected chi connectivity index (χ1v) is 14.5. The lowest BCUT2D eigenvalue weighted by Crippen LogP contribution is -2.54. The van der Waals surface area contributed by atoms with Crippen molar-refractivity contribution < 1.29 is 19.1 Å². The number of allylic oxidation sites excluding steroid dienone is 1. The quantitative estimate of drug-likeness (QED) is 0.325. The number of anilines is 3. The predicted octanol–water partition coefficient (Wildman–Crippen LogP) is 3.22. The van der Waals surface area contributed by atoms with Gasteiger partial charge in [0.05, 0.1) is 25.8 Å². The van der Waals surface area contributed by atoms with Gasteiger partial charge in [0, 0.05) is 62.9 Å². The van der Waals surface area contributed by atoms with E-state index < -0.39 is 0 Å². The van der Waals surface area contributed by atoms with Crippen LogP contribution >= 0.6 is 0 Å². The molecule has 1 fully saturated rings. The van der Waals surface area contributed by atoms with Crippen LogP contribution in [0.3, 0.4) is 0 Å². The lowest BCUT2D eigenvalue weighted by Gasteiger charge is -2.36. The second kappa shape index (κ2) is 13.9. The Kier molecular flexibility index (Phi) is 9.75. The number of fused-ring (bicyclic) bond motifs is 1. The average Bonchev–Trinajstić information content (AvgIpc) is 3.45. The first kappa shape index (κ1) is 30.3. The molecule has 0 unspecified atom stereocenters. The van der Waals surface area contributed by atoms with Crippen LogP contribution in [0.4, 0.5) is 17.5 Å². The summed E-state index contributed by atoms with van der Waals surface area (Å²) < 4.78 is 10.2. The Morgan fingerprint density at radius 1 is 1.05 bits per heavy atom. The molecule has 1 aliphatic heterocycles. The highest BCUT2D eigenvalue weighted by Gasteiger charge is 2.30. The molecule has 0 spiro atoms. The second-order valence-electron chi connectivity index (χ2n) is 10.9. The van der Waals surface area contributed by atoms with Crippen molar-refractivity contribution in [2.24, 2.45) is 0 Å². The van der Waals surface area contributed by atoms with Gasteiger partial charge in [0.15, 0.2) is 0 Å². The summed E-state index contributed by atoms with van der Waals surface area (Å²) in [6, 6.07) is 11.2. The van der Waals surface area contributed by atoms with Gasteiger partial charge in [-0.05, 0) is 55.3 Å². The predicted molar refractivity (Wildman–Crippen MR) is 165 cm³/mol. The first-order valence-electron chi connectivity index (χ1n) is 14.5. The summed E-state index contributed by atoms with van der Waals surface area (Å²) in [6.45, 7) is 5.83. The fourth-order valence-corrected chi connectivity index (χ4v) is 5.48. The normalized spacial score (nSPS) is 15.9. The Morgan fingerprint density at radius 2 is 1.84 bits per heavy atom. The smallest absolute Gasteiger partial charge is 0.305 e. The van der Waals surface area contributed by atoms with E-state index >= 15 is 0 Å². The molecule has 1 aromatic carbocycles. The summed E-state index contributed by atoms with van der Waals surface area (Å²) in [7, 11) is 5.12. The maximum Gasteiger partial charge on any atom is 0.305 e. The maximum atomic E-state index is 13.5. The molecule has 0 radical (unpaired) electrons. The summed E-state index contributed by atoms with van der Waals surface area (Å²) in [5.41, 5.74) is 6.43. The number of pyridine rings is 1. The fourth-order valence-electron chi connectivity index (χ4n) is 5.48. The molecule has 226 valence electrons. The van der Waals surface area contributed by atoms with Crippen LogP contribution < -0.4 is 10.6 Å². The van der Waals surface area contributed by atoms with Gasteiger partial charge in [-0.3, -0.25) is 14.5 Å². The van der Waals surface area contributed by atoms with E-state index in [1.165, 1.54) is 7.11 Å². The van der Waals surface area contributed by atoms with E-state index in [0.29, 0.717) is 31.2 Å². The van der Waals surface area contributed by atoms with Gasteiger partial charge in [-0.2, -0.15) is 0 Å². The third-order valence-electron chi connectivity index (χ3n) is 7.93. The molecule has 0 bridgehead atoms. The number of rotatable bonds is 11. The first-order chi connectivity index (χ1) is 20.9. The van der Waals surface area contributed by atoms with Crippen molar-refractivity contribution in [2.75, 3.05) is 64.7 Å². The zero-order valence-electron chi connectivity index (χ0n) is 25.2. The highest BCUT2D eigenvalue weighted by Crippen LogP contribution is 2.37. The SMILES string of the molecule is COC[C@H](C(=O)Nc1cccc2c1CC=C2c1nc(Nc2cccc(CCC(=O)OC)n2)ncc1C)N1CCN(C)CC1. The number of amides is 1. The van der Waals surface area contributed by atoms with Crippen molar-refractivity contribution >= 4 is 34.9 Å². The fraction of sp³-hybridized carbons (Fsp3) is 0.406. The zero-order valence-corrected chi connectivity index (χ0v) is 25.2. The minimum absolute atomic E-state index is 0.0562. The maximum absolute atomic E-state index is 13.5. The van der Waals surface area contributed by atoms with Crippen LogP contribution in [0.1, 0.15) is 34.5 Å². The minimum Gasteiger partial charge on any atom is -0.469 e. The minimum atomic E-state index is -0.353. The van der Waals surface area contributed by atoms with E-state index in [-0.39, 0.29) is 24.3 Å². The number of nitrogens with zero attached hydrogens (tertiary/aromatic N) is 5. The number of aromatic nitrogens is 3. The number of methoxy groups -OCH3 is 2. The lowest BCUT2D eigenvalue weighted by molar-refractivity contribution is -0.140. The third-order valence-corrected chi connectivity index (χ3v) is 7.93. The van der Waals surface area contributed by atoms with Gasteiger partial charge < -0.3 is 25.0 Å². The van der Waals surface area contributed by atoms with Crippen LogP contribution in [0.25, 0.3) is 5.57 Å². The number of benzene rings is 1. The van der Waals surface area contributed by atoms with Crippen molar-refractivity contribution in [1.82, 2.24) is 24.8 Å². The molecular weight excluding hydrogens is 546 g/mol. The monoisotopic (exact) mass is 585 g/mol. The van der Waals surface area contributed by atoms with Crippen molar-refractivity contribution in [1.29, 1.82) is 0 Å². The number of aryl methyl sites for hydroxylation is 2. The molecule has 2 aromatic heterocycles. The van der Waals surface area contributed by atoms with Crippen LogP contribution in [-0.2, 0) is 31.9 Å². The molecule has 43 heavy (non-hydrogen) atoms. The lowest BCUT2D eigenvalue weighted by atomic mass is 9.99. The molecule has 2 N–H and O–H groups in total. The van der Waals surface area contributed by atoms with Crippen molar-refractivity contribution in [3.63, 3.8) is 0 Å². The van der Waals surface area contributed by atoms with Crippen LogP contribution in [0.5, 0.6) is 0 Å². The number of hydrogen-bond acceptors (Lipinski definition) is 10. The largest absolute Gasteiger partial charge is 0.469 e. The average molecular weight is 586 g/mol. The highest BCUT2D eigenvalue weighted by atomic mass is 16.5. The number of piperazine rings is 1. The molecule has 3 heterocycles. The number of carbonyl (C=O) groups excluding carboxylic acids is 2. The number of likely N-dealkylation sites (N-methyl/N-ethyl adjacent to an activating group) is 1. The van der Waals surface area contributed by atoms with E-state index in [2.05, 4.69) is 49.6 Å². The molecule has 1 saturated heterocycles. The van der Waals surface area contributed by atoms with E-state index in [0.717, 1.165) is 65.5 Å². The Hall–Kier alpha value is -4.19. The molecule has 11 heteroatoms. The van der Waals surface area contributed by atoms with Gasteiger partial charge in [0.1, 0.15) is 11.9 Å². The second-order valence-corrected chi connectivity index (χ2v) is 10.9. The number of esters is 1. The molecule has 5 rings (SSSR count). The van der Waals surface area contributed by atoms with Gasteiger partial charge >= 0.3 is 5.97 Å². The number of ether oxygens (including phenoxy) is 2. The van der Waals surface area contributed by atoms with Crippen LogP contribution in [0, 0.1) is 6.92 Å². The van der Waals surface area contributed by atoms with Crippen molar-refractivity contribution in [3.05, 3.63) is 76.7 Å². The van der Waals surface area contributed by atoms with Crippen molar-refractivity contribution in [3.8, 4) is 0 Å². The van der Waals surface area contributed by atoms with E-state index in [1.807, 2.05) is 37.3 Å². The summed E-state index contributed by atoms with van der Waals surface area (Å²) in [6.07, 6.45) is 5.36. The highest BCUT2D eigenvalue weighted by molar-refractivity contribution is 5.97. The summed E-state index contributed by atoms with van der Waals surface area (Å²) in [5, 5.41) is 6.41. The number of carbonyl (C=O) groups is 2. The van der Waals surface area contributed by atoms with E-state index in [1.54, 1.807) is 13.3 Å². The van der Waals surface area contributed by atoms with Gasteiger partial charge in [0.2, 0.25) is 11.9 Å².